The molecule has 27 heavy (non-hydrogen) atoms. The Morgan fingerprint density at radius 1 is 1.19 bits per heavy atom. The number of nitrogens with zero attached hydrogens (tertiary/aromatic N) is 2. The maximum Gasteiger partial charge on any atom is 0.277 e. The molecule has 0 spiro atoms. The SMILES string of the molecule is Cc1ccc(-c2nnc(SCC(=O)N[C@H](C)c3ccc(F)cc3F)o2)cc1. The van der Waals surface area contributed by atoms with Gasteiger partial charge in [0.2, 0.25) is 11.8 Å². The van der Waals surface area contributed by atoms with E-state index in [0.29, 0.717) is 5.89 Å². The first-order valence-electron chi connectivity index (χ1n) is 8.20. The summed E-state index contributed by atoms with van der Waals surface area (Å²) >= 11 is 1.08. The first kappa shape index (κ1) is 19.0. The number of aryl methyl sites for hydroxylation is 1. The number of hydrogen-bond donors (Lipinski definition) is 1. The van der Waals surface area contributed by atoms with Crippen molar-refractivity contribution in [1.29, 1.82) is 0 Å². The first-order chi connectivity index (χ1) is 12.9. The quantitative estimate of drug-likeness (QED) is 0.637. The highest BCUT2D eigenvalue weighted by Crippen LogP contribution is 2.24. The Kier molecular flexibility index (Phi) is 5.85. The van der Waals surface area contributed by atoms with Crippen LogP contribution in [0.4, 0.5) is 8.78 Å². The van der Waals surface area contributed by atoms with Crippen molar-refractivity contribution in [3.05, 3.63) is 65.2 Å². The van der Waals surface area contributed by atoms with Gasteiger partial charge in [0.1, 0.15) is 11.6 Å². The van der Waals surface area contributed by atoms with Crippen molar-refractivity contribution in [2.45, 2.75) is 25.1 Å². The summed E-state index contributed by atoms with van der Waals surface area (Å²) in [6.45, 7) is 3.61. The van der Waals surface area contributed by atoms with E-state index in [4.69, 9.17) is 4.42 Å². The van der Waals surface area contributed by atoms with Gasteiger partial charge in [0, 0.05) is 17.2 Å². The van der Waals surface area contributed by atoms with Crippen LogP contribution in [-0.4, -0.2) is 21.9 Å². The second kappa shape index (κ2) is 8.30. The standard InChI is InChI=1S/C19H17F2N3O2S/c1-11-3-5-13(6-4-11)18-23-24-19(26-18)27-10-17(25)22-12(2)15-8-7-14(20)9-16(15)21/h3-9,12H,10H2,1-2H3,(H,22,25)/t12-/m1/s1. The molecule has 1 aromatic heterocycles. The number of carbonyl (C=O) groups excluding carboxylic acids is 1. The van der Waals surface area contributed by atoms with Crippen molar-refractivity contribution in [2.75, 3.05) is 5.75 Å². The van der Waals surface area contributed by atoms with E-state index in [2.05, 4.69) is 15.5 Å². The molecule has 1 N–H and O–H groups in total. The van der Waals surface area contributed by atoms with E-state index in [1.165, 1.54) is 6.07 Å². The minimum absolute atomic E-state index is 0.0304. The summed E-state index contributed by atoms with van der Waals surface area (Å²) < 4.78 is 32.3. The molecule has 3 aromatic rings. The molecule has 0 aliphatic carbocycles. The highest BCUT2D eigenvalue weighted by molar-refractivity contribution is 7.99. The molecule has 0 unspecified atom stereocenters. The van der Waals surface area contributed by atoms with Gasteiger partial charge < -0.3 is 9.73 Å². The smallest absolute Gasteiger partial charge is 0.277 e. The molecule has 2 aromatic carbocycles. The summed E-state index contributed by atoms with van der Waals surface area (Å²) in [5.74, 6) is -1.28. The molecule has 3 rings (SSSR count). The number of rotatable bonds is 6. The van der Waals surface area contributed by atoms with Crippen LogP contribution in [-0.2, 0) is 4.79 Å². The highest BCUT2D eigenvalue weighted by atomic mass is 32.2. The van der Waals surface area contributed by atoms with Crippen molar-refractivity contribution >= 4 is 17.7 Å². The second-order valence-corrected chi connectivity index (χ2v) is 6.91. The minimum atomic E-state index is -0.699. The number of amides is 1. The van der Waals surface area contributed by atoms with E-state index in [0.717, 1.165) is 35.0 Å². The van der Waals surface area contributed by atoms with Crippen LogP contribution in [0.25, 0.3) is 11.5 Å². The second-order valence-electron chi connectivity index (χ2n) is 5.98. The highest BCUT2D eigenvalue weighted by Gasteiger charge is 2.16. The third kappa shape index (κ3) is 4.91. The molecule has 0 aliphatic heterocycles. The first-order valence-corrected chi connectivity index (χ1v) is 9.18. The van der Waals surface area contributed by atoms with Crippen molar-refractivity contribution < 1.29 is 18.0 Å². The predicted octanol–water partition coefficient (Wildman–Crippen LogP) is 4.29. The van der Waals surface area contributed by atoms with Gasteiger partial charge in [0.05, 0.1) is 11.8 Å². The fourth-order valence-corrected chi connectivity index (χ4v) is 3.00. The molecule has 5 nitrogen and oxygen atoms in total. The minimum Gasteiger partial charge on any atom is -0.411 e. The predicted molar refractivity (Wildman–Crippen MR) is 98.1 cm³/mol. The van der Waals surface area contributed by atoms with E-state index in [-0.39, 0.29) is 22.4 Å². The van der Waals surface area contributed by atoms with Crippen LogP contribution in [0.15, 0.2) is 52.1 Å². The maximum atomic E-state index is 13.8. The van der Waals surface area contributed by atoms with Gasteiger partial charge >= 0.3 is 0 Å². The Morgan fingerprint density at radius 2 is 1.93 bits per heavy atom. The lowest BCUT2D eigenvalue weighted by Gasteiger charge is -2.14. The topological polar surface area (TPSA) is 68.0 Å². The fourth-order valence-electron chi connectivity index (χ4n) is 2.42. The van der Waals surface area contributed by atoms with E-state index < -0.39 is 17.7 Å². The third-order valence-corrected chi connectivity index (χ3v) is 4.66. The van der Waals surface area contributed by atoms with Gasteiger partial charge in [-0.2, -0.15) is 0 Å². The zero-order chi connectivity index (χ0) is 19.4. The number of benzene rings is 2. The largest absolute Gasteiger partial charge is 0.411 e. The van der Waals surface area contributed by atoms with Gasteiger partial charge in [-0.05, 0) is 32.0 Å². The molecule has 0 aliphatic rings. The lowest BCUT2D eigenvalue weighted by Crippen LogP contribution is -2.28. The zero-order valence-electron chi connectivity index (χ0n) is 14.7. The summed E-state index contributed by atoms with van der Waals surface area (Å²) in [6.07, 6.45) is 0. The zero-order valence-corrected chi connectivity index (χ0v) is 15.5. The number of thioether (sulfide) groups is 1. The van der Waals surface area contributed by atoms with Gasteiger partial charge in [-0.15, -0.1) is 10.2 Å². The fraction of sp³-hybridized carbons (Fsp3) is 0.211. The Balaban J connectivity index is 1.55. The van der Waals surface area contributed by atoms with Crippen LogP contribution in [0.1, 0.15) is 24.1 Å². The monoisotopic (exact) mass is 389 g/mol. The number of halogens is 2. The maximum absolute atomic E-state index is 13.8. The Hall–Kier alpha value is -2.74. The van der Waals surface area contributed by atoms with Gasteiger partial charge in [0.15, 0.2) is 0 Å². The molecular formula is C19H17F2N3O2S. The molecule has 1 amide bonds. The molecule has 0 fully saturated rings. The molecule has 0 radical (unpaired) electrons. The van der Waals surface area contributed by atoms with Crippen molar-refractivity contribution in [3.63, 3.8) is 0 Å². The molecule has 1 heterocycles. The van der Waals surface area contributed by atoms with Crippen molar-refractivity contribution in [3.8, 4) is 11.5 Å². The molecule has 0 saturated heterocycles. The lowest BCUT2D eigenvalue weighted by atomic mass is 10.1. The van der Waals surface area contributed by atoms with Gasteiger partial charge in [-0.1, -0.05) is 35.5 Å². The average molecular weight is 389 g/mol. The Morgan fingerprint density at radius 3 is 2.63 bits per heavy atom. The van der Waals surface area contributed by atoms with Gasteiger partial charge in [0.25, 0.3) is 5.22 Å². The Labute approximate surface area is 159 Å². The van der Waals surface area contributed by atoms with Crippen LogP contribution >= 0.6 is 11.8 Å². The summed E-state index contributed by atoms with van der Waals surface area (Å²) in [6, 6.07) is 10.3. The number of nitrogens with one attached hydrogen (secondary N) is 1. The van der Waals surface area contributed by atoms with E-state index >= 15 is 0 Å². The molecule has 8 heteroatoms. The molecule has 0 bridgehead atoms. The lowest BCUT2D eigenvalue weighted by molar-refractivity contribution is -0.119. The van der Waals surface area contributed by atoms with Gasteiger partial charge in [-0.3, -0.25) is 4.79 Å². The van der Waals surface area contributed by atoms with Crippen LogP contribution < -0.4 is 5.32 Å². The normalized spacial score (nSPS) is 12.0. The summed E-state index contributed by atoms with van der Waals surface area (Å²) in [5, 5.41) is 10.8. The van der Waals surface area contributed by atoms with Crippen LogP contribution in [0.5, 0.6) is 0 Å². The number of hydrogen-bond acceptors (Lipinski definition) is 5. The van der Waals surface area contributed by atoms with Crippen LogP contribution in [0.2, 0.25) is 0 Å². The number of carbonyl (C=O) groups is 1. The van der Waals surface area contributed by atoms with Crippen molar-refractivity contribution in [1.82, 2.24) is 15.5 Å². The summed E-state index contributed by atoms with van der Waals surface area (Å²) in [7, 11) is 0. The molecule has 1 atom stereocenters. The van der Waals surface area contributed by atoms with Crippen molar-refractivity contribution in [2.24, 2.45) is 0 Å². The van der Waals surface area contributed by atoms with Gasteiger partial charge in [-0.25, -0.2) is 8.78 Å². The van der Waals surface area contributed by atoms with E-state index in [1.54, 1.807) is 6.92 Å². The summed E-state index contributed by atoms with van der Waals surface area (Å²) in [5.41, 5.74) is 2.13. The summed E-state index contributed by atoms with van der Waals surface area (Å²) in [4.78, 5) is 12.1. The molecule has 0 saturated carbocycles. The molecular weight excluding hydrogens is 372 g/mol. The van der Waals surface area contributed by atoms with E-state index in [1.807, 2.05) is 31.2 Å². The number of aromatic nitrogens is 2. The third-order valence-electron chi connectivity index (χ3n) is 3.84. The van der Waals surface area contributed by atoms with Crippen LogP contribution in [0, 0.1) is 18.6 Å². The average Bonchev–Trinajstić information content (AvgIpc) is 3.09. The van der Waals surface area contributed by atoms with E-state index in [9.17, 15) is 13.6 Å². The Bertz CT molecular complexity index is 944. The molecule has 140 valence electrons. The van der Waals surface area contributed by atoms with Crippen LogP contribution in [0.3, 0.4) is 0 Å².